The van der Waals surface area contributed by atoms with E-state index in [9.17, 15) is 13.2 Å². The highest BCUT2D eigenvalue weighted by Gasteiger charge is 2.19. The third kappa shape index (κ3) is 3.13. The fourth-order valence-corrected chi connectivity index (χ4v) is 1.92. The second kappa shape index (κ2) is 4.33. The van der Waals surface area contributed by atoms with Crippen molar-refractivity contribution in [3.63, 3.8) is 0 Å². The summed E-state index contributed by atoms with van der Waals surface area (Å²) in [5.41, 5.74) is 1.54. The fourth-order valence-electron chi connectivity index (χ4n) is 1.41. The molecule has 0 heterocycles. The van der Waals surface area contributed by atoms with Crippen molar-refractivity contribution in [2.75, 3.05) is 6.26 Å². The molecule has 0 bridgehead atoms. The summed E-state index contributed by atoms with van der Waals surface area (Å²) in [4.78, 5) is 11.5. The zero-order chi connectivity index (χ0) is 12.5. The number of sulfonamides is 1. The Morgan fingerprint density at radius 1 is 1.25 bits per heavy atom. The standard InChI is InChI=1S/C11H15NO3S/c1-7(2)9-6-11(13)8(3)5-10(9)12-16(4,14)15/h5-7H,1-4H3. The first-order chi connectivity index (χ1) is 7.20. The lowest BCUT2D eigenvalue weighted by molar-refractivity contribution is -0.111. The van der Waals surface area contributed by atoms with Crippen LogP contribution in [0.2, 0.25) is 0 Å². The van der Waals surface area contributed by atoms with Gasteiger partial charge in [-0.25, -0.2) is 8.42 Å². The summed E-state index contributed by atoms with van der Waals surface area (Å²) in [5.74, 6) is -0.0232. The number of carbonyl (C=O) groups excluding carboxylic acids is 1. The van der Waals surface area contributed by atoms with Crippen molar-refractivity contribution in [2.45, 2.75) is 20.8 Å². The maximum Gasteiger partial charge on any atom is 0.250 e. The minimum Gasteiger partial charge on any atom is -0.290 e. The third-order valence-corrected chi connectivity index (χ3v) is 2.74. The van der Waals surface area contributed by atoms with Gasteiger partial charge in [-0.15, -0.1) is 0 Å². The lowest BCUT2D eigenvalue weighted by atomic mass is 9.90. The van der Waals surface area contributed by atoms with Crippen LogP contribution in [0.15, 0.2) is 27.7 Å². The van der Waals surface area contributed by atoms with Crippen molar-refractivity contribution in [1.82, 2.24) is 0 Å². The van der Waals surface area contributed by atoms with Crippen LogP contribution in [0.5, 0.6) is 0 Å². The van der Waals surface area contributed by atoms with Gasteiger partial charge in [-0.1, -0.05) is 13.8 Å². The number of hydrogen-bond donors (Lipinski definition) is 0. The topological polar surface area (TPSA) is 63.6 Å². The fraction of sp³-hybridized carbons (Fsp3) is 0.455. The van der Waals surface area contributed by atoms with Crippen molar-refractivity contribution in [3.8, 4) is 0 Å². The molecule has 0 radical (unpaired) electrons. The summed E-state index contributed by atoms with van der Waals surface area (Å²) >= 11 is 0. The quantitative estimate of drug-likeness (QED) is 0.688. The van der Waals surface area contributed by atoms with Gasteiger partial charge >= 0.3 is 0 Å². The van der Waals surface area contributed by atoms with Gasteiger partial charge in [0.25, 0.3) is 10.0 Å². The molecule has 0 saturated heterocycles. The number of nitrogens with zero attached hydrogens (tertiary/aromatic N) is 1. The zero-order valence-electron chi connectivity index (χ0n) is 9.81. The van der Waals surface area contributed by atoms with E-state index in [4.69, 9.17) is 0 Å². The Labute approximate surface area is 95.8 Å². The first-order valence-electron chi connectivity index (χ1n) is 4.95. The summed E-state index contributed by atoms with van der Waals surface area (Å²) in [7, 11) is -3.44. The van der Waals surface area contributed by atoms with Crippen molar-refractivity contribution in [2.24, 2.45) is 10.3 Å². The monoisotopic (exact) mass is 241 g/mol. The predicted octanol–water partition coefficient (Wildman–Crippen LogP) is 1.50. The average Bonchev–Trinajstić information content (AvgIpc) is 2.07. The number of hydrogen-bond acceptors (Lipinski definition) is 3. The lowest BCUT2D eigenvalue weighted by Crippen LogP contribution is -2.17. The van der Waals surface area contributed by atoms with Crippen LogP contribution in [0.4, 0.5) is 0 Å². The molecule has 1 rings (SSSR count). The van der Waals surface area contributed by atoms with Crippen LogP contribution >= 0.6 is 0 Å². The first-order valence-corrected chi connectivity index (χ1v) is 6.80. The predicted molar refractivity (Wildman–Crippen MR) is 64.0 cm³/mol. The zero-order valence-corrected chi connectivity index (χ0v) is 10.6. The van der Waals surface area contributed by atoms with E-state index >= 15 is 0 Å². The highest BCUT2D eigenvalue weighted by molar-refractivity contribution is 7.89. The van der Waals surface area contributed by atoms with Gasteiger partial charge in [-0.05, 0) is 36.1 Å². The van der Waals surface area contributed by atoms with Gasteiger partial charge in [-0.3, -0.25) is 4.79 Å². The number of allylic oxidation sites excluding steroid dienone is 4. The van der Waals surface area contributed by atoms with E-state index in [-0.39, 0.29) is 11.7 Å². The summed E-state index contributed by atoms with van der Waals surface area (Å²) < 4.78 is 25.9. The van der Waals surface area contributed by atoms with Crippen molar-refractivity contribution >= 4 is 21.5 Å². The van der Waals surface area contributed by atoms with Gasteiger partial charge in [0.1, 0.15) is 0 Å². The molecule has 0 aromatic rings. The largest absolute Gasteiger partial charge is 0.290 e. The third-order valence-electron chi connectivity index (χ3n) is 2.21. The molecule has 0 amide bonds. The van der Waals surface area contributed by atoms with Crippen molar-refractivity contribution in [1.29, 1.82) is 0 Å². The normalized spacial score (nSPS) is 20.1. The van der Waals surface area contributed by atoms with E-state index in [0.717, 1.165) is 6.26 Å². The molecule has 0 N–H and O–H groups in total. The maximum absolute atomic E-state index is 11.5. The second-order valence-corrected chi connectivity index (χ2v) is 5.80. The second-order valence-electron chi connectivity index (χ2n) is 4.16. The van der Waals surface area contributed by atoms with Gasteiger partial charge in [0.05, 0.1) is 12.0 Å². The molecule has 0 aromatic carbocycles. The van der Waals surface area contributed by atoms with Gasteiger partial charge < -0.3 is 0 Å². The van der Waals surface area contributed by atoms with Crippen LogP contribution in [-0.2, 0) is 14.8 Å². The molecule has 88 valence electrons. The van der Waals surface area contributed by atoms with Crippen LogP contribution in [0.25, 0.3) is 0 Å². The van der Waals surface area contributed by atoms with Crippen LogP contribution in [0, 0.1) is 5.92 Å². The molecule has 0 unspecified atom stereocenters. The molecule has 1 aliphatic carbocycles. The van der Waals surface area contributed by atoms with E-state index in [0.29, 0.717) is 16.9 Å². The van der Waals surface area contributed by atoms with Crippen LogP contribution in [-0.4, -0.2) is 26.2 Å². The van der Waals surface area contributed by atoms with Gasteiger partial charge in [-0.2, -0.15) is 4.40 Å². The Morgan fingerprint density at radius 3 is 2.25 bits per heavy atom. The Kier molecular flexibility index (Phi) is 3.48. The highest BCUT2D eigenvalue weighted by Crippen LogP contribution is 2.20. The van der Waals surface area contributed by atoms with E-state index in [1.165, 1.54) is 12.2 Å². The van der Waals surface area contributed by atoms with Gasteiger partial charge in [0, 0.05) is 0 Å². The summed E-state index contributed by atoms with van der Waals surface area (Å²) in [6.07, 6.45) is 4.03. The molecule has 0 saturated carbocycles. The van der Waals surface area contributed by atoms with E-state index < -0.39 is 10.0 Å². The molecule has 1 aliphatic rings. The Hall–Kier alpha value is -1.23. The molecule has 0 spiro atoms. The maximum atomic E-state index is 11.5. The van der Waals surface area contributed by atoms with Gasteiger partial charge in [0.2, 0.25) is 0 Å². The summed E-state index contributed by atoms with van der Waals surface area (Å²) in [6, 6.07) is 0. The Balaban J connectivity index is 3.31. The highest BCUT2D eigenvalue weighted by atomic mass is 32.2. The number of carbonyl (C=O) groups is 1. The molecule has 0 aliphatic heterocycles. The molecule has 5 heteroatoms. The van der Waals surface area contributed by atoms with Crippen LogP contribution in [0.3, 0.4) is 0 Å². The number of rotatable bonds is 2. The molecular formula is C11H15NO3S. The first kappa shape index (κ1) is 12.8. The minimum absolute atomic E-state index is 0.0637. The summed E-state index contributed by atoms with van der Waals surface area (Å²) in [6.45, 7) is 5.44. The van der Waals surface area contributed by atoms with Crippen molar-refractivity contribution < 1.29 is 13.2 Å². The van der Waals surface area contributed by atoms with E-state index in [2.05, 4.69) is 4.40 Å². The molecule has 0 fully saturated rings. The van der Waals surface area contributed by atoms with E-state index in [1.54, 1.807) is 6.92 Å². The molecule has 4 nitrogen and oxygen atoms in total. The smallest absolute Gasteiger partial charge is 0.250 e. The van der Waals surface area contributed by atoms with Crippen molar-refractivity contribution in [3.05, 3.63) is 23.3 Å². The van der Waals surface area contributed by atoms with E-state index in [1.807, 2.05) is 13.8 Å². The van der Waals surface area contributed by atoms with Gasteiger partial charge in [0.15, 0.2) is 5.78 Å². The van der Waals surface area contributed by atoms with Crippen LogP contribution in [0.1, 0.15) is 20.8 Å². The molecule has 16 heavy (non-hydrogen) atoms. The lowest BCUT2D eigenvalue weighted by Gasteiger charge is -2.15. The molecule has 0 aromatic heterocycles. The minimum atomic E-state index is -3.44. The van der Waals surface area contributed by atoms with Crippen LogP contribution < -0.4 is 0 Å². The Morgan fingerprint density at radius 2 is 1.81 bits per heavy atom. The SMILES string of the molecule is CC1=CC(=NS(C)(=O)=O)C(C(C)C)=CC1=O. The number of ketones is 1. The molecule has 0 atom stereocenters. The summed E-state index contributed by atoms with van der Waals surface area (Å²) in [5, 5.41) is 0. The average molecular weight is 241 g/mol. The Bertz CT molecular complexity index is 507. The molecular weight excluding hydrogens is 226 g/mol.